The SMILES string of the molecule is CCOC(=O)c1cc2c([nH]c1=O)CC(C(F)(F)F)CC2O. The Bertz CT molecular complexity index is 608. The first-order valence-electron chi connectivity index (χ1n) is 6.42. The van der Waals surface area contributed by atoms with Gasteiger partial charge < -0.3 is 14.8 Å². The smallest absolute Gasteiger partial charge is 0.392 e. The molecule has 2 rings (SSSR count). The first-order chi connectivity index (χ1) is 9.74. The van der Waals surface area contributed by atoms with E-state index in [2.05, 4.69) is 9.72 Å². The van der Waals surface area contributed by atoms with Gasteiger partial charge in [0.25, 0.3) is 5.56 Å². The summed E-state index contributed by atoms with van der Waals surface area (Å²) in [5.74, 6) is -2.59. The molecule has 21 heavy (non-hydrogen) atoms. The van der Waals surface area contributed by atoms with Gasteiger partial charge in [-0.2, -0.15) is 13.2 Å². The number of rotatable bonds is 2. The van der Waals surface area contributed by atoms with Crippen LogP contribution < -0.4 is 5.56 Å². The molecule has 2 atom stereocenters. The van der Waals surface area contributed by atoms with Crippen molar-refractivity contribution in [1.82, 2.24) is 4.98 Å². The number of nitrogens with one attached hydrogen (secondary N) is 1. The molecular weight excluding hydrogens is 291 g/mol. The van der Waals surface area contributed by atoms with Crippen molar-refractivity contribution < 1.29 is 27.8 Å². The highest BCUT2D eigenvalue weighted by Crippen LogP contribution is 2.40. The van der Waals surface area contributed by atoms with Gasteiger partial charge in [0.1, 0.15) is 5.56 Å². The van der Waals surface area contributed by atoms with Gasteiger partial charge in [-0.15, -0.1) is 0 Å². The Morgan fingerprint density at radius 2 is 2.19 bits per heavy atom. The van der Waals surface area contributed by atoms with Crippen LogP contribution in [0.1, 0.15) is 41.1 Å². The zero-order valence-electron chi connectivity index (χ0n) is 11.2. The molecule has 0 radical (unpaired) electrons. The van der Waals surface area contributed by atoms with Crippen LogP contribution in [0.25, 0.3) is 0 Å². The summed E-state index contributed by atoms with van der Waals surface area (Å²) < 4.78 is 42.9. The van der Waals surface area contributed by atoms with Gasteiger partial charge in [0.05, 0.1) is 18.6 Å². The number of aromatic nitrogens is 1. The summed E-state index contributed by atoms with van der Waals surface area (Å²) in [6, 6.07) is 1.11. The van der Waals surface area contributed by atoms with Crippen molar-refractivity contribution in [2.24, 2.45) is 5.92 Å². The first-order valence-corrected chi connectivity index (χ1v) is 6.42. The number of aliphatic hydroxyl groups excluding tert-OH is 1. The Hall–Kier alpha value is -1.83. The molecule has 1 heterocycles. The van der Waals surface area contributed by atoms with Crippen LogP contribution >= 0.6 is 0 Å². The predicted octanol–water partition coefficient (Wildman–Crippen LogP) is 1.71. The van der Waals surface area contributed by atoms with Crippen molar-refractivity contribution in [2.45, 2.75) is 32.0 Å². The van der Waals surface area contributed by atoms with E-state index in [1.807, 2.05) is 0 Å². The van der Waals surface area contributed by atoms with Crippen molar-refractivity contribution in [3.63, 3.8) is 0 Å². The summed E-state index contributed by atoms with van der Waals surface area (Å²) in [5.41, 5.74) is -0.991. The molecule has 0 saturated heterocycles. The molecule has 0 bridgehead atoms. The molecule has 0 aromatic carbocycles. The van der Waals surface area contributed by atoms with Crippen LogP contribution in [0.2, 0.25) is 0 Å². The lowest BCUT2D eigenvalue weighted by Crippen LogP contribution is -2.34. The quantitative estimate of drug-likeness (QED) is 0.815. The van der Waals surface area contributed by atoms with Gasteiger partial charge in [0.2, 0.25) is 0 Å². The van der Waals surface area contributed by atoms with Gasteiger partial charge in [0, 0.05) is 11.3 Å². The third-order valence-electron chi connectivity index (χ3n) is 3.43. The number of pyridine rings is 1. The van der Waals surface area contributed by atoms with E-state index in [0.29, 0.717) is 0 Å². The Morgan fingerprint density at radius 3 is 2.76 bits per heavy atom. The zero-order chi connectivity index (χ0) is 15.8. The molecule has 0 saturated carbocycles. The van der Waals surface area contributed by atoms with Crippen molar-refractivity contribution in [2.75, 3.05) is 6.61 Å². The van der Waals surface area contributed by atoms with Crippen molar-refractivity contribution in [1.29, 1.82) is 0 Å². The predicted molar refractivity (Wildman–Crippen MR) is 65.8 cm³/mol. The highest BCUT2D eigenvalue weighted by Gasteiger charge is 2.44. The zero-order valence-corrected chi connectivity index (χ0v) is 11.2. The maximum absolute atomic E-state index is 12.7. The second-order valence-electron chi connectivity index (χ2n) is 4.86. The number of ether oxygens (including phenoxy) is 1. The van der Waals surface area contributed by atoms with Crippen molar-refractivity contribution >= 4 is 5.97 Å². The average Bonchev–Trinajstić information content (AvgIpc) is 2.36. The van der Waals surface area contributed by atoms with Gasteiger partial charge in [-0.1, -0.05) is 0 Å². The minimum Gasteiger partial charge on any atom is -0.462 e. The van der Waals surface area contributed by atoms with Crippen LogP contribution in [-0.4, -0.2) is 28.8 Å². The molecule has 0 amide bonds. The lowest BCUT2D eigenvalue weighted by molar-refractivity contribution is -0.184. The number of aliphatic hydroxyl groups is 1. The molecule has 0 fully saturated rings. The lowest BCUT2D eigenvalue weighted by atomic mass is 9.84. The topological polar surface area (TPSA) is 79.4 Å². The first kappa shape index (κ1) is 15.6. The van der Waals surface area contributed by atoms with E-state index in [-0.39, 0.29) is 23.4 Å². The molecule has 2 unspecified atom stereocenters. The highest BCUT2D eigenvalue weighted by atomic mass is 19.4. The monoisotopic (exact) mass is 305 g/mol. The van der Waals surface area contributed by atoms with E-state index in [9.17, 15) is 27.9 Å². The van der Waals surface area contributed by atoms with E-state index in [1.54, 1.807) is 6.92 Å². The summed E-state index contributed by atoms with van der Waals surface area (Å²) >= 11 is 0. The number of aromatic amines is 1. The Labute approximate surface area is 117 Å². The lowest BCUT2D eigenvalue weighted by Gasteiger charge is -2.29. The third-order valence-corrected chi connectivity index (χ3v) is 3.43. The second-order valence-corrected chi connectivity index (χ2v) is 4.86. The number of carbonyl (C=O) groups is 1. The molecule has 0 spiro atoms. The molecule has 2 N–H and O–H groups in total. The Balaban J connectivity index is 2.41. The summed E-state index contributed by atoms with van der Waals surface area (Å²) in [6.07, 6.45) is -6.75. The number of halogens is 3. The Kier molecular flexibility index (Phi) is 4.08. The fraction of sp³-hybridized carbons (Fsp3) is 0.538. The average molecular weight is 305 g/mol. The van der Waals surface area contributed by atoms with E-state index in [4.69, 9.17) is 0 Å². The minimum absolute atomic E-state index is 0.00845. The van der Waals surface area contributed by atoms with Gasteiger partial charge >= 0.3 is 12.1 Å². The summed E-state index contributed by atoms with van der Waals surface area (Å²) in [6.45, 7) is 1.63. The number of carbonyl (C=O) groups excluding carboxylic acids is 1. The number of hydrogen-bond acceptors (Lipinski definition) is 4. The standard InChI is InChI=1S/C13H14F3NO4/c1-2-21-12(20)8-5-7-9(17-11(8)19)3-6(4-10(7)18)13(14,15)16/h5-6,10,18H,2-4H2,1H3,(H,17,19). The second kappa shape index (κ2) is 5.51. The largest absolute Gasteiger partial charge is 0.462 e. The van der Waals surface area contributed by atoms with Gasteiger partial charge in [-0.05, 0) is 25.8 Å². The van der Waals surface area contributed by atoms with E-state index < -0.39 is 42.6 Å². The Morgan fingerprint density at radius 1 is 1.52 bits per heavy atom. The van der Waals surface area contributed by atoms with Gasteiger partial charge in [-0.25, -0.2) is 4.79 Å². The van der Waals surface area contributed by atoms with Gasteiger partial charge in [0.15, 0.2) is 0 Å². The summed E-state index contributed by atoms with van der Waals surface area (Å²) in [7, 11) is 0. The number of H-pyrrole nitrogens is 1. The van der Waals surface area contributed by atoms with Crippen LogP contribution in [-0.2, 0) is 11.2 Å². The number of fused-ring (bicyclic) bond motifs is 1. The third kappa shape index (κ3) is 3.10. The summed E-state index contributed by atoms with van der Waals surface area (Å²) in [4.78, 5) is 25.6. The number of alkyl halides is 3. The fourth-order valence-corrected chi connectivity index (χ4v) is 2.39. The fourth-order valence-electron chi connectivity index (χ4n) is 2.39. The van der Waals surface area contributed by atoms with Crippen LogP contribution in [0, 0.1) is 5.92 Å². The molecule has 5 nitrogen and oxygen atoms in total. The van der Waals surface area contributed by atoms with Crippen LogP contribution in [0.4, 0.5) is 13.2 Å². The molecule has 1 aliphatic rings. The minimum atomic E-state index is -4.45. The normalized spacial score (nSPS) is 21.8. The molecule has 116 valence electrons. The molecule has 1 aromatic rings. The van der Waals surface area contributed by atoms with Crippen molar-refractivity contribution in [3.8, 4) is 0 Å². The number of hydrogen-bond donors (Lipinski definition) is 2. The van der Waals surface area contributed by atoms with Crippen LogP contribution in [0.3, 0.4) is 0 Å². The van der Waals surface area contributed by atoms with Crippen molar-refractivity contribution in [3.05, 3.63) is 33.2 Å². The molecule has 0 aliphatic heterocycles. The maximum atomic E-state index is 12.7. The van der Waals surface area contributed by atoms with Crippen LogP contribution in [0.15, 0.2) is 10.9 Å². The molecule has 1 aliphatic carbocycles. The van der Waals surface area contributed by atoms with E-state index in [1.165, 1.54) is 0 Å². The van der Waals surface area contributed by atoms with E-state index in [0.717, 1.165) is 6.07 Å². The van der Waals surface area contributed by atoms with E-state index >= 15 is 0 Å². The molecule has 1 aromatic heterocycles. The van der Waals surface area contributed by atoms with Gasteiger partial charge in [-0.3, -0.25) is 4.79 Å². The summed E-state index contributed by atoms with van der Waals surface area (Å²) in [5, 5.41) is 9.85. The molecular formula is C13H14F3NO4. The highest BCUT2D eigenvalue weighted by molar-refractivity contribution is 5.89. The number of esters is 1. The molecule has 8 heteroatoms. The van der Waals surface area contributed by atoms with Crippen LogP contribution in [0.5, 0.6) is 0 Å². The maximum Gasteiger partial charge on any atom is 0.392 e.